The fourth-order valence-corrected chi connectivity index (χ4v) is 3.53. The second-order valence-electron chi connectivity index (χ2n) is 7.51. The van der Waals surface area contributed by atoms with Crippen LogP contribution >= 0.6 is 0 Å². The van der Waals surface area contributed by atoms with Gasteiger partial charge >= 0.3 is 6.03 Å². The highest BCUT2D eigenvalue weighted by Crippen LogP contribution is 2.18. The van der Waals surface area contributed by atoms with E-state index in [1.165, 1.54) is 24.3 Å². The van der Waals surface area contributed by atoms with E-state index in [1.807, 2.05) is 18.2 Å². The predicted octanol–water partition coefficient (Wildman–Crippen LogP) is 2.96. The molecule has 2 amide bonds. The molecule has 0 radical (unpaired) electrons. The number of hydrogen-bond acceptors (Lipinski definition) is 4. The van der Waals surface area contributed by atoms with Crippen molar-refractivity contribution in [3.63, 3.8) is 0 Å². The Hall–Kier alpha value is -2.80. The van der Waals surface area contributed by atoms with Crippen molar-refractivity contribution in [3.05, 3.63) is 65.7 Å². The molecule has 2 heterocycles. The van der Waals surface area contributed by atoms with E-state index >= 15 is 0 Å². The van der Waals surface area contributed by atoms with Crippen LogP contribution in [0.1, 0.15) is 28.9 Å². The quantitative estimate of drug-likeness (QED) is 0.729. The van der Waals surface area contributed by atoms with Crippen molar-refractivity contribution in [1.82, 2.24) is 20.1 Å². The van der Waals surface area contributed by atoms with Crippen molar-refractivity contribution in [2.75, 3.05) is 33.2 Å². The van der Waals surface area contributed by atoms with Gasteiger partial charge in [0.05, 0.1) is 18.8 Å². The highest BCUT2D eigenvalue weighted by atomic mass is 19.1. The smallest absolute Gasteiger partial charge is 0.317 e. The second-order valence-corrected chi connectivity index (χ2v) is 7.51. The minimum Gasteiger partial charge on any atom is -0.332 e. The number of likely N-dealkylation sites (tertiary alicyclic amines) is 1. The Morgan fingerprint density at radius 3 is 2.55 bits per heavy atom. The van der Waals surface area contributed by atoms with E-state index in [0.717, 1.165) is 31.6 Å². The van der Waals surface area contributed by atoms with Crippen LogP contribution in [0, 0.1) is 11.7 Å². The first-order valence-corrected chi connectivity index (χ1v) is 9.91. The number of hydrogen-bond donors (Lipinski definition) is 1. The van der Waals surface area contributed by atoms with Gasteiger partial charge in [0.2, 0.25) is 0 Å². The van der Waals surface area contributed by atoms with Gasteiger partial charge in [0.25, 0.3) is 0 Å². The predicted molar refractivity (Wildman–Crippen MR) is 109 cm³/mol. The van der Waals surface area contributed by atoms with Gasteiger partial charge in [-0.25, -0.2) is 9.18 Å². The highest BCUT2D eigenvalue weighted by molar-refractivity contribution is 5.97. The molecule has 29 heavy (non-hydrogen) atoms. The van der Waals surface area contributed by atoms with Crippen LogP contribution in [0.3, 0.4) is 0 Å². The van der Waals surface area contributed by atoms with Crippen LogP contribution in [0.2, 0.25) is 0 Å². The molecule has 1 aromatic heterocycles. The molecule has 6 nitrogen and oxygen atoms in total. The van der Waals surface area contributed by atoms with Crippen LogP contribution in [0.4, 0.5) is 9.18 Å². The number of pyridine rings is 1. The minimum absolute atomic E-state index is 0.00877. The maximum absolute atomic E-state index is 13.0. The lowest BCUT2D eigenvalue weighted by molar-refractivity contribution is 0.0886. The van der Waals surface area contributed by atoms with E-state index in [1.54, 1.807) is 18.1 Å². The molecule has 0 atom stereocenters. The lowest BCUT2D eigenvalue weighted by atomic mass is 9.96. The van der Waals surface area contributed by atoms with Crippen molar-refractivity contribution >= 4 is 11.8 Å². The largest absolute Gasteiger partial charge is 0.332 e. The summed E-state index contributed by atoms with van der Waals surface area (Å²) in [5.74, 6) is 0.0859. The number of aromatic nitrogens is 1. The molecule has 1 saturated heterocycles. The molecule has 0 unspecified atom stereocenters. The first-order valence-electron chi connectivity index (χ1n) is 9.91. The molecule has 3 rings (SSSR count). The standard InChI is InChI=1S/C22H27FN4O2/c1-26(22(29)25-14-20-4-2-3-11-24-20)15-17-9-12-27(13-10-17)16-21(28)18-5-7-19(23)8-6-18/h2-8,11,17H,9-10,12-16H2,1H3,(H,25,29). The molecular weight excluding hydrogens is 371 g/mol. The van der Waals surface area contributed by atoms with Crippen molar-refractivity contribution < 1.29 is 14.0 Å². The summed E-state index contributed by atoms with van der Waals surface area (Å²) in [6.07, 6.45) is 3.59. The third-order valence-electron chi connectivity index (χ3n) is 5.27. The van der Waals surface area contributed by atoms with Gasteiger partial charge in [0.15, 0.2) is 5.78 Å². The highest BCUT2D eigenvalue weighted by Gasteiger charge is 2.23. The first-order chi connectivity index (χ1) is 14.0. The lowest BCUT2D eigenvalue weighted by Gasteiger charge is -2.33. The Kier molecular flexibility index (Phi) is 7.30. The van der Waals surface area contributed by atoms with Crippen molar-refractivity contribution in [1.29, 1.82) is 0 Å². The maximum atomic E-state index is 13.0. The Bertz CT molecular complexity index is 805. The van der Waals surface area contributed by atoms with Gasteiger partial charge in [-0.05, 0) is 68.2 Å². The Balaban J connectivity index is 1.38. The van der Waals surface area contributed by atoms with Gasteiger partial charge in [0.1, 0.15) is 5.82 Å². The Morgan fingerprint density at radius 2 is 1.90 bits per heavy atom. The van der Waals surface area contributed by atoms with Crippen LogP contribution in [0.5, 0.6) is 0 Å². The van der Waals surface area contributed by atoms with E-state index in [0.29, 0.717) is 31.1 Å². The third-order valence-corrected chi connectivity index (χ3v) is 5.27. The Morgan fingerprint density at radius 1 is 1.17 bits per heavy atom. The molecule has 2 aromatic rings. The van der Waals surface area contributed by atoms with E-state index < -0.39 is 0 Å². The van der Waals surface area contributed by atoms with E-state index in [2.05, 4.69) is 15.2 Å². The molecule has 1 N–H and O–H groups in total. The molecule has 0 aliphatic carbocycles. The summed E-state index contributed by atoms with van der Waals surface area (Å²) in [5, 5.41) is 2.89. The SMILES string of the molecule is CN(CC1CCN(CC(=O)c2ccc(F)cc2)CC1)C(=O)NCc1ccccn1. The molecule has 1 aliphatic rings. The molecule has 154 valence electrons. The normalized spacial score (nSPS) is 15.1. The number of carbonyl (C=O) groups excluding carboxylic acids is 2. The van der Waals surface area contributed by atoms with Crippen molar-refractivity contribution in [2.24, 2.45) is 5.92 Å². The van der Waals surface area contributed by atoms with E-state index in [4.69, 9.17) is 0 Å². The summed E-state index contributed by atoms with van der Waals surface area (Å²) in [4.78, 5) is 32.7. The topological polar surface area (TPSA) is 65.5 Å². The van der Waals surface area contributed by atoms with E-state index in [-0.39, 0.29) is 17.6 Å². The van der Waals surface area contributed by atoms with Crippen molar-refractivity contribution in [3.8, 4) is 0 Å². The lowest BCUT2D eigenvalue weighted by Crippen LogP contribution is -2.43. The number of rotatable bonds is 7. The third kappa shape index (κ3) is 6.35. The minimum atomic E-state index is -0.337. The molecule has 1 aliphatic heterocycles. The summed E-state index contributed by atoms with van der Waals surface area (Å²) in [5.41, 5.74) is 1.37. The molecule has 0 bridgehead atoms. The Labute approximate surface area is 170 Å². The van der Waals surface area contributed by atoms with Gasteiger partial charge in [-0.1, -0.05) is 6.07 Å². The number of ketones is 1. The molecule has 0 spiro atoms. The van der Waals surface area contributed by atoms with Gasteiger partial charge in [-0.15, -0.1) is 0 Å². The zero-order valence-electron chi connectivity index (χ0n) is 16.7. The van der Waals surface area contributed by atoms with Crippen LogP contribution in [0.25, 0.3) is 0 Å². The number of nitrogens with zero attached hydrogens (tertiary/aromatic N) is 3. The summed E-state index contributed by atoms with van der Waals surface area (Å²) < 4.78 is 13.0. The number of carbonyl (C=O) groups is 2. The van der Waals surface area contributed by atoms with E-state index in [9.17, 15) is 14.0 Å². The first kappa shape index (κ1) is 20.9. The van der Waals surface area contributed by atoms with Crippen molar-refractivity contribution in [2.45, 2.75) is 19.4 Å². The van der Waals surface area contributed by atoms with Crippen LogP contribution in [-0.4, -0.2) is 59.8 Å². The zero-order chi connectivity index (χ0) is 20.6. The monoisotopic (exact) mass is 398 g/mol. The fourth-order valence-electron chi connectivity index (χ4n) is 3.53. The number of halogens is 1. The summed E-state index contributed by atoms with van der Waals surface area (Å²) in [6.45, 7) is 3.09. The molecule has 1 aromatic carbocycles. The zero-order valence-corrected chi connectivity index (χ0v) is 16.7. The average Bonchev–Trinajstić information content (AvgIpc) is 2.74. The van der Waals surface area contributed by atoms with Crippen LogP contribution in [-0.2, 0) is 6.54 Å². The van der Waals surface area contributed by atoms with Gasteiger partial charge in [-0.2, -0.15) is 0 Å². The fraction of sp³-hybridized carbons (Fsp3) is 0.409. The van der Waals surface area contributed by atoms with Crippen LogP contribution in [0.15, 0.2) is 48.7 Å². The molecule has 0 saturated carbocycles. The maximum Gasteiger partial charge on any atom is 0.317 e. The summed E-state index contributed by atoms with van der Waals surface area (Å²) in [6, 6.07) is 11.2. The average molecular weight is 398 g/mol. The van der Waals surface area contributed by atoms with Gasteiger partial charge in [-0.3, -0.25) is 14.7 Å². The number of benzene rings is 1. The van der Waals surface area contributed by atoms with Gasteiger partial charge < -0.3 is 10.2 Å². The summed E-state index contributed by atoms with van der Waals surface area (Å²) in [7, 11) is 1.80. The van der Waals surface area contributed by atoms with Crippen LogP contribution < -0.4 is 5.32 Å². The number of Topliss-reactive ketones (excluding diaryl/α,β-unsaturated/α-hetero) is 1. The molecule has 7 heteroatoms. The number of amides is 2. The molecular formula is C22H27FN4O2. The number of nitrogens with one attached hydrogen (secondary N) is 1. The number of piperidine rings is 1. The number of urea groups is 1. The second kappa shape index (κ2) is 10.1. The summed E-state index contributed by atoms with van der Waals surface area (Å²) >= 11 is 0. The van der Waals surface area contributed by atoms with Gasteiger partial charge in [0, 0.05) is 25.4 Å². The molecule has 1 fully saturated rings.